The first-order valence-corrected chi connectivity index (χ1v) is 12.0. The third-order valence-electron chi connectivity index (χ3n) is 5.85. The van der Waals surface area contributed by atoms with E-state index >= 15 is 0 Å². The Balaban J connectivity index is 1.99. The number of nitrogens with one attached hydrogen (secondary N) is 1. The molecule has 1 fully saturated rings. The zero-order valence-electron chi connectivity index (χ0n) is 18.9. The van der Waals surface area contributed by atoms with Crippen LogP contribution in [0.25, 0.3) is 5.83 Å². The maximum Gasteiger partial charge on any atom is 0.417 e. The van der Waals surface area contributed by atoms with Gasteiger partial charge in [-0.1, -0.05) is 40.9 Å². The van der Waals surface area contributed by atoms with Crippen LogP contribution < -0.4 is 5.32 Å². The minimum atomic E-state index is -5.22. The van der Waals surface area contributed by atoms with E-state index in [1.165, 1.54) is 0 Å². The van der Waals surface area contributed by atoms with Crippen LogP contribution in [-0.2, 0) is 6.18 Å². The van der Waals surface area contributed by atoms with Crippen molar-refractivity contribution in [2.24, 2.45) is 0 Å². The van der Waals surface area contributed by atoms with Gasteiger partial charge in [0.05, 0.1) is 26.2 Å². The average Bonchev–Trinajstić information content (AvgIpc) is 2.78. The predicted molar refractivity (Wildman–Crippen MR) is 125 cm³/mol. The van der Waals surface area contributed by atoms with Gasteiger partial charge in [0.2, 0.25) is 5.92 Å². The largest absolute Gasteiger partial charge is 0.417 e. The van der Waals surface area contributed by atoms with E-state index in [2.05, 4.69) is 5.32 Å². The normalized spacial score (nSPS) is 19.3. The molecule has 0 aliphatic heterocycles. The number of hydrogen-bond donors (Lipinski definition) is 1. The lowest BCUT2D eigenvalue weighted by Gasteiger charge is -2.29. The second-order valence-corrected chi connectivity index (χ2v) is 9.91. The molecule has 1 amide bonds. The summed E-state index contributed by atoms with van der Waals surface area (Å²) < 4.78 is 125. The fraction of sp³-hybridized carbons (Fsp3) is 0.375. The Morgan fingerprint density at radius 2 is 1.63 bits per heavy atom. The lowest BCUT2D eigenvalue weighted by molar-refractivity contribution is -0.140. The van der Waals surface area contributed by atoms with Crippen LogP contribution in [-0.4, -0.2) is 24.0 Å². The number of allylic oxidation sites excluding steroid dienone is 1. The van der Waals surface area contributed by atoms with Crippen LogP contribution >= 0.6 is 34.8 Å². The highest BCUT2D eigenvalue weighted by Gasteiger charge is 2.42. The van der Waals surface area contributed by atoms with Crippen molar-refractivity contribution in [1.82, 2.24) is 5.32 Å². The first-order chi connectivity index (χ1) is 17.4. The first-order valence-electron chi connectivity index (χ1n) is 10.9. The Morgan fingerprint density at radius 1 is 1.03 bits per heavy atom. The second-order valence-electron chi connectivity index (χ2n) is 8.71. The maximum absolute atomic E-state index is 15.0. The summed E-state index contributed by atoms with van der Waals surface area (Å²) in [6.07, 6.45) is -11.3. The Labute approximate surface area is 225 Å². The van der Waals surface area contributed by atoms with E-state index in [1.54, 1.807) is 0 Å². The standard InChI is InChI=1S/C24H17Cl3F9NO/c25-17-7-12(8-18(26)20(17)27)15(23(31,32)33)9-19(28)11-3-4-14(16(6-11)24(34,35)36)21(38)37-13-2-1-5-22(29,30)10-13/h3-4,6-9,13,15H,1-2,5,10H2,(H,37,38). The van der Waals surface area contributed by atoms with Crippen LogP contribution in [0.15, 0.2) is 36.4 Å². The van der Waals surface area contributed by atoms with Crippen molar-refractivity contribution in [3.63, 3.8) is 0 Å². The fourth-order valence-electron chi connectivity index (χ4n) is 4.06. The Hall–Kier alpha value is -2.11. The van der Waals surface area contributed by atoms with Crippen molar-refractivity contribution in [2.75, 3.05) is 0 Å². The lowest BCUT2D eigenvalue weighted by atomic mass is 9.91. The molecule has 2 unspecified atom stereocenters. The molecule has 2 atom stereocenters. The van der Waals surface area contributed by atoms with Crippen LogP contribution in [0.5, 0.6) is 0 Å². The van der Waals surface area contributed by atoms with Crippen LogP contribution in [0.2, 0.25) is 15.1 Å². The van der Waals surface area contributed by atoms with E-state index in [1.807, 2.05) is 0 Å². The minimum absolute atomic E-state index is 0.0369. The molecule has 14 heteroatoms. The fourth-order valence-corrected chi connectivity index (χ4v) is 4.67. The zero-order chi connectivity index (χ0) is 28.6. The lowest BCUT2D eigenvalue weighted by Crippen LogP contribution is -2.42. The van der Waals surface area contributed by atoms with Gasteiger partial charge in [0.25, 0.3) is 5.91 Å². The van der Waals surface area contributed by atoms with Gasteiger partial charge in [-0.15, -0.1) is 0 Å². The molecule has 0 saturated heterocycles. The monoisotopic (exact) mass is 611 g/mol. The summed E-state index contributed by atoms with van der Waals surface area (Å²) in [7, 11) is 0. The van der Waals surface area contributed by atoms with E-state index in [0.29, 0.717) is 12.1 Å². The number of halogens is 12. The van der Waals surface area contributed by atoms with Gasteiger partial charge in [0, 0.05) is 24.4 Å². The molecule has 2 aromatic carbocycles. The van der Waals surface area contributed by atoms with Gasteiger partial charge < -0.3 is 5.32 Å². The Kier molecular flexibility index (Phi) is 8.95. The summed E-state index contributed by atoms with van der Waals surface area (Å²) in [5.41, 5.74) is -4.17. The highest BCUT2D eigenvalue weighted by molar-refractivity contribution is 6.48. The van der Waals surface area contributed by atoms with Crippen molar-refractivity contribution in [2.45, 2.75) is 55.9 Å². The maximum atomic E-state index is 15.0. The number of amides is 1. The summed E-state index contributed by atoms with van der Waals surface area (Å²) in [6, 6.07) is 1.92. The van der Waals surface area contributed by atoms with Gasteiger partial charge in [-0.05, 0) is 48.7 Å². The molecule has 0 aromatic heterocycles. The predicted octanol–water partition coefficient (Wildman–Crippen LogP) is 9.63. The Bertz CT molecular complexity index is 1220. The summed E-state index contributed by atoms with van der Waals surface area (Å²) in [4.78, 5) is 12.5. The highest BCUT2D eigenvalue weighted by Crippen LogP contribution is 2.43. The summed E-state index contributed by atoms with van der Waals surface area (Å²) >= 11 is 17.3. The average molecular weight is 613 g/mol. The van der Waals surface area contributed by atoms with E-state index in [0.717, 1.165) is 12.1 Å². The molecule has 1 aliphatic carbocycles. The molecule has 1 saturated carbocycles. The van der Waals surface area contributed by atoms with Gasteiger partial charge in [0.1, 0.15) is 11.7 Å². The number of carbonyl (C=O) groups is 1. The molecule has 3 rings (SSSR count). The molecule has 208 valence electrons. The molecule has 1 aliphatic rings. The third kappa shape index (κ3) is 7.30. The van der Waals surface area contributed by atoms with Gasteiger partial charge in [-0.3, -0.25) is 4.79 Å². The van der Waals surface area contributed by atoms with Crippen molar-refractivity contribution in [1.29, 1.82) is 0 Å². The van der Waals surface area contributed by atoms with Crippen molar-refractivity contribution in [3.8, 4) is 0 Å². The molecule has 38 heavy (non-hydrogen) atoms. The van der Waals surface area contributed by atoms with Crippen LogP contribution in [0.1, 0.15) is 58.6 Å². The molecule has 2 nitrogen and oxygen atoms in total. The van der Waals surface area contributed by atoms with E-state index in [4.69, 9.17) is 34.8 Å². The zero-order valence-corrected chi connectivity index (χ0v) is 21.2. The van der Waals surface area contributed by atoms with E-state index < -0.39 is 77.1 Å². The number of alkyl halides is 8. The summed E-state index contributed by atoms with van der Waals surface area (Å²) in [5.74, 6) is -8.76. The molecule has 0 bridgehead atoms. The van der Waals surface area contributed by atoms with Crippen molar-refractivity contribution >= 4 is 46.5 Å². The minimum Gasteiger partial charge on any atom is -0.349 e. The second kappa shape index (κ2) is 11.2. The highest BCUT2D eigenvalue weighted by atomic mass is 35.5. The smallest absolute Gasteiger partial charge is 0.349 e. The topological polar surface area (TPSA) is 29.1 Å². The number of benzene rings is 2. The molecule has 1 N–H and O–H groups in total. The molecule has 0 radical (unpaired) electrons. The van der Waals surface area contributed by atoms with Gasteiger partial charge in [0.15, 0.2) is 0 Å². The van der Waals surface area contributed by atoms with Crippen LogP contribution in [0.3, 0.4) is 0 Å². The molecule has 0 heterocycles. The van der Waals surface area contributed by atoms with Crippen molar-refractivity contribution in [3.05, 3.63) is 73.7 Å². The first kappa shape index (κ1) is 30.4. The van der Waals surface area contributed by atoms with Crippen molar-refractivity contribution < 1.29 is 44.3 Å². The van der Waals surface area contributed by atoms with E-state index in [-0.39, 0.29) is 40.1 Å². The van der Waals surface area contributed by atoms with Gasteiger partial charge >= 0.3 is 12.4 Å². The van der Waals surface area contributed by atoms with Gasteiger partial charge in [-0.2, -0.15) is 26.3 Å². The van der Waals surface area contributed by atoms with Gasteiger partial charge in [-0.25, -0.2) is 13.2 Å². The molecular formula is C24H17Cl3F9NO. The van der Waals surface area contributed by atoms with Crippen LogP contribution in [0.4, 0.5) is 39.5 Å². The quantitative estimate of drug-likeness (QED) is 0.264. The third-order valence-corrected chi connectivity index (χ3v) is 7.05. The number of carbonyl (C=O) groups excluding carboxylic acids is 1. The molecule has 2 aromatic rings. The SMILES string of the molecule is O=C(NC1CCCC(F)(F)C1)c1ccc(C(F)=CC(c2cc(Cl)c(Cl)c(Cl)c2)C(F)(F)F)cc1C(F)(F)F. The van der Waals surface area contributed by atoms with Crippen LogP contribution in [0, 0.1) is 0 Å². The van der Waals surface area contributed by atoms with E-state index in [9.17, 15) is 44.3 Å². The number of rotatable bonds is 5. The molecule has 0 spiro atoms. The summed E-state index contributed by atoms with van der Waals surface area (Å²) in [6.45, 7) is 0. The number of hydrogen-bond acceptors (Lipinski definition) is 1. The Morgan fingerprint density at radius 3 is 2.16 bits per heavy atom. The molecular weight excluding hydrogens is 596 g/mol. The summed E-state index contributed by atoms with van der Waals surface area (Å²) in [5, 5.41) is 1.16.